The predicted octanol–water partition coefficient (Wildman–Crippen LogP) is 3.24. The number of aryl methyl sites for hydroxylation is 1. The first-order chi connectivity index (χ1) is 10.8. The van der Waals surface area contributed by atoms with E-state index in [9.17, 15) is 0 Å². The molecule has 4 nitrogen and oxygen atoms in total. The van der Waals surface area contributed by atoms with Crippen LogP contribution in [0.4, 0.5) is 0 Å². The Balaban J connectivity index is 1.86. The number of aromatic nitrogens is 2. The van der Waals surface area contributed by atoms with E-state index in [2.05, 4.69) is 32.6 Å². The summed E-state index contributed by atoms with van der Waals surface area (Å²) in [5.74, 6) is 0. The summed E-state index contributed by atoms with van der Waals surface area (Å²) < 4.78 is 1.87. The van der Waals surface area contributed by atoms with Gasteiger partial charge in [-0.2, -0.15) is 5.10 Å². The van der Waals surface area contributed by atoms with Crippen LogP contribution in [0.5, 0.6) is 0 Å². The minimum Gasteiger partial charge on any atom is -0.265 e. The summed E-state index contributed by atoms with van der Waals surface area (Å²) in [5, 5.41) is 6.59. The van der Waals surface area contributed by atoms with Gasteiger partial charge in [0.1, 0.15) is 0 Å². The van der Waals surface area contributed by atoms with Gasteiger partial charge in [-0.3, -0.25) is 9.98 Å². The van der Waals surface area contributed by atoms with Crippen molar-refractivity contribution in [1.82, 2.24) is 9.66 Å². The molecule has 0 N–H and O–H groups in total. The van der Waals surface area contributed by atoms with E-state index in [1.807, 2.05) is 48.1 Å². The largest absolute Gasteiger partial charge is 0.265 e. The highest BCUT2D eigenvalue weighted by atomic mass is 32.1. The summed E-state index contributed by atoms with van der Waals surface area (Å²) in [4.78, 5) is 9.56. The van der Waals surface area contributed by atoms with E-state index in [4.69, 9.17) is 0 Å². The monoisotopic (exact) mass is 308 g/mol. The summed E-state index contributed by atoms with van der Waals surface area (Å²) in [7, 11) is 0. The number of thiazole rings is 1. The second-order valence-corrected chi connectivity index (χ2v) is 5.63. The lowest BCUT2D eigenvalue weighted by Crippen LogP contribution is -2.12. The van der Waals surface area contributed by atoms with Gasteiger partial charge in [-0.15, -0.1) is 11.3 Å². The molecule has 0 aliphatic rings. The Kier molecular flexibility index (Phi) is 4.56. The molecule has 0 atom stereocenters. The van der Waals surface area contributed by atoms with Crippen LogP contribution in [0.2, 0.25) is 0 Å². The van der Waals surface area contributed by atoms with Gasteiger partial charge in [0.15, 0.2) is 0 Å². The highest BCUT2D eigenvalue weighted by molar-refractivity contribution is 7.07. The third-order valence-corrected chi connectivity index (χ3v) is 4.09. The van der Waals surface area contributed by atoms with Crippen molar-refractivity contribution in [2.45, 2.75) is 13.5 Å². The molecule has 0 saturated heterocycles. The molecule has 0 bridgehead atoms. The smallest absolute Gasteiger partial charge is 0.206 e. The SMILES string of the molecule is Cc1csc(=NCc2ccccc2)n1N=Cc1ccncc1. The zero-order valence-electron chi connectivity index (χ0n) is 12.3. The fourth-order valence-electron chi connectivity index (χ4n) is 1.95. The zero-order chi connectivity index (χ0) is 15.2. The quantitative estimate of drug-likeness (QED) is 0.682. The maximum Gasteiger partial charge on any atom is 0.206 e. The van der Waals surface area contributed by atoms with Crippen molar-refractivity contribution in [2.24, 2.45) is 10.1 Å². The first kappa shape index (κ1) is 14.4. The molecular weight excluding hydrogens is 292 g/mol. The number of rotatable bonds is 4. The molecule has 1 aromatic carbocycles. The standard InChI is InChI=1S/C17H16N4S/c1-14-13-22-17(19-11-15-5-3-2-4-6-15)21(14)20-12-16-7-9-18-10-8-16/h2-10,12-13H,11H2,1H3. The summed E-state index contributed by atoms with van der Waals surface area (Å²) in [5.41, 5.74) is 3.28. The summed E-state index contributed by atoms with van der Waals surface area (Å²) in [6.45, 7) is 2.69. The van der Waals surface area contributed by atoms with Gasteiger partial charge in [-0.1, -0.05) is 30.3 Å². The number of nitrogens with zero attached hydrogens (tertiary/aromatic N) is 4. The van der Waals surface area contributed by atoms with Crippen molar-refractivity contribution < 1.29 is 0 Å². The van der Waals surface area contributed by atoms with E-state index in [1.165, 1.54) is 5.56 Å². The van der Waals surface area contributed by atoms with Gasteiger partial charge in [-0.05, 0) is 30.2 Å². The normalized spacial score (nSPS) is 12.1. The minimum atomic E-state index is 0.658. The van der Waals surface area contributed by atoms with E-state index < -0.39 is 0 Å². The Labute approximate surface area is 133 Å². The molecule has 0 fully saturated rings. The summed E-state index contributed by atoms with van der Waals surface area (Å²) >= 11 is 1.60. The lowest BCUT2D eigenvalue weighted by Gasteiger charge is -1.98. The maximum absolute atomic E-state index is 4.66. The molecule has 0 unspecified atom stereocenters. The van der Waals surface area contributed by atoms with Crippen LogP contribution >= 0.6 is 11.3 Å². The first-order valence-corrected chi connectivity index (χ1v) is 7.87. The van der Waals surface area contributed by atoms with Crippen molar-refractivity contribution >= 4 is 17.6 Å². The zero-order valence-corrected chi connectivity index (χ0v) is 13.1. The van der Waals surface area contributed by atoms with Crippen LogP contribution < -0.4 is 4.80 Å². The number of benzene rings is 1. The van der Waals surface area contributed by atoms with Crippen LogP contribution in [0, 0.1) is 6.92 Å². The van der Waals surface area contributed by atoms with E-state index >= 15 is 0 Å². The van der Waals surface area contributed by atoms with Gasteiger partial charge >= 0.3 is 0 Å². The Morgan fingerprint density at radius 1 is 1.14 bits per heavy atom. The molecule has 22 heavy (non-hydrogen) atoms. The van der Waals surface area contributed by atoms with Crippen molar-refractivity contribution in [2.75, 3.05) is 0 Å². The second-order valence-electron chi connectivity index (χ2n) is 4.80. The number of hydrogen-bond donors (Lipinski definition) is 0. The molecule has 0 amide bonds. The predicted molar refractivity (Wildman–Crippen MR) is 90.0 cm³/mol. The highest BCUT2D eigenvalue weighted by Crippen LogP contribution is 2.03. The van der Waals surface area contributed by atoms with E-state index in [0.717, 1.165) is 16.1 Å². The fourth-order valence-corrected chi connectivity index (χ4v) is 2.76. The molecule has 0 aliphatic heterocycles. The second kappa shape index (κ2) is 6.95. The molecule has 3 aromatic rings. The van der Waals surface area contributed by atoms with Crippen molar-refractivity contribution in [1.29, 1.82) is 0 Å². The Morgan fingerprint density at radius 2 is 1.91 bits per heavy atom. The third-order valence-electron chi connectivity index (χ3n) is 3.12. The molecule has 0 aliphatic carbocycles. The lowest BCUT2D eigenvalue weighted by molar-refractivity contribution is 0.787. The molecule has 5 heteroatoms. The van der Waals surface area contributed by atoms with Gasteiger partial charge in [0, 0.05) is 17.8 Å². The van der Waals surface area contributed by atoms with E-state index in [0.29, 0.717) is 6.54 Å². The van der Waals surface area contributed by atoms with Crippen LogP contribution in [0.3, 0.4) is 0 Å². The molecule has 3 rings (SSSR count). The maximum atomic E-state index is 4.66. The van der Waals surface area contributed by atoms with Gasteiger partial charge in [0.2, 0.25) is 4.80 Å². The summed E-state index contributed by atoms with van der Waals surface area (Å²) in [6.07, 6.45) is 5.34. The molecule has 0 spiro atoms. The van der Waals surface area contributed by atoms with Gasteiger partial charge in [-0.25, -0.2) is 4.68 Å². The van der Waals surface area contributed by atoms with Crippen LogP contribution in [0.1, 0.15) is 16.8 Å². The number of hydrogen-bond acceptors (Lipinski definition) is 4. The third kappa shape index (κ3) is 3.56. The van der Waals surface area contributed by atoms with Crippen LogP contribution in [0.25, 0.3) is 0 Å². The summed E-state index contributed by atoms with van der Waals surface area (Å²) in [6, 6.07) is 14.1. The molecule has 0 saturated carbocycles. The van der Waals surface area contributed by atoms with E-state index in [1.54, 1.807) is 23.7 Å². The van der Waals surface area contributed by atoms with Crippen molar-refractivity contribution in [3.8, 4) is 0 Å². The average Bonchev–Trinajstić information content (AvgIpc) is 2.93. The molecular formula is C17H16N4S. The van der Waals surface area contributed by atoms with Crippen LogP contribution in [-0.4, -0.2) is 15.9 Å². The topological polar surface area (TPSA) is 42.5 Å². The van der Waals surface area contributed by atoms with Gasteiger partial charge in [0.25, 0.3) is 0 Å². The Hall–Kier alpha value is -2.53. The van der Waals surface area contributed by atoms with Crippen molar-refractivity contribution in [3.05, 3.63) is 81.9 Å². The molecule has 110 valence electrons. The minimum absolute atomic E-state index is 0.658. The van der Waals surface area contributed by atoms with Gasteiger partial charge < -0.3 is 0 Å². The molecule has 2 heterocycles. The first-order valence-electron chi connectivity index (χ1n) is 6.99. The van der Waals surface area contributed by atoms with Crippen LogP contribution in [0.15, 0.2) is 70.3 Å². The number of pyridine rings is 1. The van der Waals surface area contributed by atoms with Gasteiger partial charge in [0.05, 0.1) is 18.5 Å². The average molecular weight is 308 g/mol. The highest BCUT2D eigenvalue weighted by Gasteiger charge is 1.99. The molecule has 2 aromatic heterocycles. The molecule has 0 radical (unpaired) electrons. The fraction of sp³-hybridized carbons (Fsp3) is 0.118. The lowest BCUT2D eigenvalue weighted by atomic mass is 10.2. The van der Waals surface area contributed by atoms with E-state index in [-0.39, 0.29) is 0 Å². The van der Waals surface area contributed by atoms with Crippen LogP contribution in [-0.2, 0) is 6.54 Å². The Morgan fingerprint density at radius 3 is 2.68 bits per heavy atom. The Bertz CT molecular complexity index is 817. The van der Waals surface area contributed by atoms with Crippen molar-refractivity contribution in [3.63, 3.8) is 0 Å².